The Morgan fingerprint density at radius 1 is 0.889 bits per heavy atom. The molecule has 2 aromatic rings. The van der Waals surface area contributed by atoms with E-state index in [1.54, 1.807) is 0 Å². The Kier molecular flexibility index (Phi) is 4.37. The molecule has 0 fully saturated rings. The number of rotatable bonds is 5. The number of nitrogens with zero attached hydrogens (tertiary/aromatic N) is 1. The van der Waals surface area contributed by atoms with Gasteiger partial charge in [0.15, 0.2) is 0 Å². The highest BCUT2D eigenvalue weighted by Crippen LogP contribution is 2.20. The van der Waals surface area contributed by atoms with Gasteiger partial charge in [0.25, 0.3) is 0 Å². The summed E-state index contributed by atoms with van der Waals surface area (Å²) < 4.78 is 5.90. The molecule has 0 aromatic heterocycles. The van der Waals surface area contributed by atoms with Gasteiger partial charge in [-0.05, 0) is 25.7 Å². The summed E-state index contributed by atoms with van der Waals surface area (Å²) in [6, 6.07) is 18.4. The Bertz CT molecular complexity index is 479. The molecule has 2 nitrogen and oxygen atoms in total. The molecule has 2 heteroatoms. The normalized spacial score (nSPS) is 10.6. The van der Waals surface area contributed by atoms with Crippen LogP contribution in [0.5, 0.6) is 5.75 Å². The van der Waals surface area contributed by atoms with Crippen molar-refractivity contribution in [2.45, 2.75) is 13.2 Å². The lowest BCUT2D eigenvalue weighted by molar-refractivity contribution is 0.295. The van der Waals surface area contributed by atoms with Crippen molar-refractivity contribution in [3.8, 4) is 5.75 Å². The van der Waals surface area contributed by atoms with Crippen LogP contribution < -0.4 is 4.74 Å². The summed E-state index contributed by atoms with van der Waals surface area (Å²) in [5.41, 5.74) is 2.41. The first-order valence-corrected chi connectivity index (χ1v) is 6.15. The molecule has 0 spiro atoms. The fourth-order valence-electron chi connectivity index (χ4n) is 1.85. The second-order valence-corrected chi connectivity index (χ2v) is 4.62. The van der Waals surface area contributed by atoms with Crippen LogP contribution >= 0.6 is 0 Å². The van der Waals surface area contributed by atoms with Crippen LogP contribution in [0.4, 0.5) is 0 Å². The zero-order valence-corrected chi connectivity index (χ0v) is 11.0. The lowest BCUT2D eigenvalue weighted by Gasteiger charge is -2.14. The van der Waals surface area contributed by atoms with Gasteiger partial charge in [-0.3, -0.25) is 0 Å². The van der Waals surface area contributed by atoms with Crippen LogP contribution in [-0.2, 0) is 13.2 Å². The highest BCUT2D eigenvalue weighted by molar-refractivity contribution is 5.33. The van der Waals surface area contributed by atoms with E-state index in [4.69, 9.17) is 4.74 Å². The van der Waals surface area contributed by atoms with E-state index >= 15 is 0 Å². The lowest BCUT2D eigenvalue weighted by Crippen LogP contribution is -2.11. The van der Waals surface area contributed by atoms with Gasteiger partial charge in [-0.15, -0.1) is 0 Å². The van der Waals surface area contributed by atoms with Crippen LogP contribution in [0.2, 0.25) is 0 Å². The summed E-state index contributed by atoms with van der Waals surface area (Å²) in [6.07, 6.45) is 0. The van der Waals surface area contributed by atoms with E-state index in [0.717, 1.165) is 12.3 Å². The first-order valence-electron chi connectivity index (χ1n) is 6.15. The van der Waals surface area contributed by atoms with E-state index in [2.05, 4.69) is 37.2 Å². The van der Waals surface area contributed by atoms with Crippen molar-refractivity contribution in [3.05, 3.63) is 65.7 Å². The summed E-state index contributed by atoms with van der Waals surface area (Å²) in [5.74, 6) is 0.968. The van der Waals surface area contributed by atoms with Crippen LogP contribution in [-0.4, -0.2) is 19.0 Å². The van der Waals surface area contributed by atoms with Crippen LogP contribution in [0.25, 0.3) is 0 Å². The molecule has 0 atom stereocenters. The van der Waals surface area contributed by atoms with Crippen molar-refractivity contribution in [2.75, 3.05) is 14.1 Å². The molecular weight excluding hydrogens is 222 g/mol. The minimum atomic E-state index is 0.616. The quantitative estimate of drug-likeness (QED) is 0.796. The average Bonchev–Trinajstić information content (AvgIpc) is 2.38. The Labute approximate surface area is 109 Å². The fraction of sp³-hybridized carbons (Fsp3) is 0.250. The van der Waals surface area contributed by atoms with Crippen molar-refractivity contribution >= 4 is 0 Å². The van der Waals surface area contributed by atoms with E-state index in [0.29, 0.717) is 6.61 Å². The first-order chi connectivity index (χ1) is 8.75. The first kappa shape index (κ1) is 12.7. The molecule has 0 aliphatic rings. The third-order valence-electron chi connectivity index (χ3n) is 2.70. The standard InChI is InChI=1S/C16H19NO/c1-17(2)12-15-10-6-7-11-16(15)18-13-14-8-4-3-5-9-14/h3-11H,12-13H2,1-2H3. The van der Waals surface area contributed by atoms with Gasteiger partial charge in [0, 0.05) is 12.1 Å². The molecule has 0 saturated carbocycles. The lowest BCUT2D eigenvalue weighted by atomic mass is 10.2. The molecule has 0 heterocycles. The molecule has 0 amide bonds. The fourth-order valence-corrected chi connectivity index (χ4v) is 1.85. The smallest absolute Gasteiger partial charge is 0.124 e. The van der Waals surface area contributed by atoms with Gasteiger partial charge in [0.05, 0.1) is 0 Å². The van der Waals surface area contributed by atoms with E-state index in [1.807, 2.05) is 36.4 Å². The minimum absolute atomic E-state index is 0.616. The largest absolute Gasteiger partial charge is 0.489 e. The number of benzene rings is 2. The monoisotopic (exact) mass is 241 g/mol. The molecule has 18 heavy (non-hydrogen) atoms. The molecule has 0 N–H and O–H groups in total. The van der Waals surface area contributed by atoms with Crippen molar-refractivity contribution < 1.29 is 4.74 Å². The predicted octanol–water partition coefficient (Wildman–Crippen LogP) is 3.33. The summed E-state index contributed by atoms with van der Waals surface area (Å²) in [6.45, 7) is 1.51. The molecule has 0 radical (unpaired) electrons. The Morgan fingerprint density at radius 3 is 2.28 bits per heavy atom. The summed E-state index contributed by atoms with van der Waals surface area (Å²) in [7, 11) is 4.13. The topological polar surface area (TPSA) is 12.5 Å². The van der Waals surface area contributed by atoms with Gasteiger partial charge in [-0.2, -0.15) is 0 Å². The van der Waals surface area contributed by atoms with Crippen molar-refractivity contribution in [1.82, 2.24) is 4.90 Å². The van der Waals surface area contributed by atoms with Crippen molar-refractivity contribution in [2.24, 2.45) is 0 Å². The maximum absolute atomic E-state index is 5.90. The third-order valence-corrected chi connectivity index (χ3v) is 2.70. The van der Waals surface area contributed by atoms with Crippen LogP contribution in [0.15, 0.2) is 54.6 Å². The van der Waals surface area contributed by atoms with Crippen molar-refractivity contribution in [1.29, 1.82) is 0 Å². The van der Waals surface area contributed by atoms with Crippen LogP contribution in [0.1, 0.15) is 11.1 Å². The van der Waals surface area contributed by atoms with Crippen LogP contribution in [0, 0.1) is 0 Å². The van der Waals surface area contributed by atoms with E-state index in [9.17, 15) is 0 Å². The number of para-hydroxylation sites is 1. The molecule has 94 valence electrons. The van der Waals surface area contributed by atoms with Gasteiger partial charge >= 0.3 is 0 Å². The second kappa shape index (κ2) is 6.22. The summed E-state index contributed by atoms with van der Waals surface area (Å²) >= 11 is 0. The van der Waals surface area contributed by atoms with Gasteiger partial charge < -0.3 is 9.64 Å². The molecule has 0 aliphatic carbocycles. The van der Waals surface area contributed by atoms with Gasteiger partial charge in [0.2, 0.25) is 0 Å². The molecule has 2 aromatic carbocycles. The maximum Gasteiger partial charge on any atom is 0.124 e. The molecule has 0 saturated heterocycles. The highest BCUT2D eigenvalue weighted by Gasteiger charge is 2.04. The van der Waals surface area contributed by atoms with Gasteiger partial charge in [0.1, 0.15) is 12.4 Å². The Hall–Kier alpha value is -1.80. The molecule has 0 aliphatic heterocycles. The Balaban J connectivity index is 2.05. The zero-order valence-electron chi connectivity index (χ0n) is 11.0. The molecular formula is C16H19NO. The summed E-state index contributed by atoms with van der Waals surface area (Å²) in [5, 5.41) is 0. The van der Waals surface area contributed by atoms with E-state index in [-0.39, 0.29) is 0 Å². The van der Waals surface area contributed by atoms with Gasteiger partial charge in [-0.25, -0.2) is 0 Å². The maximum atomic E-state index is 5.90. The zero-order chi connectivity index (χ0) is 12.8. The van der Waals surface area contributed by atoms with Crippen molar-refractivity contribution in [3.63, 3.8) is 0 Å². The molecule has 0 unspecified atom stereocenters. The number of hydrogen-bond donors (Lipinski definition) is 0. The average molecular weight is 241 g/mol. The minimum Gasteiger partial charge on any atom is -0.489 e. The molecule has 2 rings (SSSR count). The highest BCUT2D eigenvalue weighted by atomic mass is 16.5. The number of ether oxygens (including phenoxy) is 1. The second-order valence-electron chi connectivity index (χ2n) is 4.62. The number of hydrogen-bond acceptors (Lipinski definition) is 2. The van der Waals surface area contributed by atoms with E-state index < -0.39 is 0 Å². The SMILES string of the molecule is CN(C)Cc1ccccc1OCc1ccccc1. The molecule has 0 bridgehead atoms. The van der Waals surface area contributed by atoms with E-state index in [1.165, 1.54) is 11.1 Å². The Morgan fingerprint density at radius 2 is 1.56 bits per heavy atom. The summed E-state index contributed by atoms with van der Waals surface area (Å²) in [4.78, 5) is 2.14. The van der Waals surface area contributed by atoms with Crippen LogP contribution in [0.3, 0.4) is 0 Å². The third kappa shape index (κ3) is 3.60. The van der Waals surface area contributed by atoms with Gasteiger partial charge in [-0.1, -0.05) is 48.5 Å². The predicted molar refractivity (Wildman–Crippen MR) is 74.6 cm³/mol.